The summed E-state index contributed by atoms with van der Waals surface area (Å²) in [5.74, 6) is -1.44. The Kier molecular flexibility index (Phi) is 7.01. The second kappa shape index (κ2) is 8.46. The monoisotopic (exact) mass is 392 g/mol. The molecular formula is C21H29FN2O4. The zero-order valence-corrected chi connectivity index (χ0v) is 17.4. The number of nitrogens with zero attached hydrogens (tertiary/aromatic N) is 1. The fourth-order valence-corrected chi connectivity index (χ4v) is 2.15. The van der Waals surface area contributed by atoms with Crippen LogP contribution in [0.2, 0.25) is 0 Å². The highest BCUT2D eigenvalue weighted by molar-refractivity contribution is 5.95. The van der Waals surface area contributed by atoms with Gasteiger partial charge in [0.15, 0.2) is 0 Å². The number of nitrogen functional groups attached to an aromatic ring is 1. The summed E-state index contributed by atoms with van der Waals surface area (Å²) in [5.41, 5.74) is 4.67. The fraction of sp³-hybridized carbons (Fsp3) is 0.429. The van der Waals surface area contributed by atoms with Gasteiger partial charge in [-0.15, -0.1) is 0 Å². The van der Waals surface area contributed by atoms with E-state index in [1.54, 1.807) is 41.5 Å². The van der Waals surface area contributed by atoms with Gasteiger partial charge in [0.25, 0.3) is 0 Å². The van der Waals surface area contributed by atoms with Crippen LogP contribution < -0.4 is 10.6 Å². The molecule has 0 aliphatic heterocycles. The van der Waals surface area contributed by atoms with Crippen molar-refractivity contribution >= 4 is 29.5 Å². The van der Waals surface area contributed by atoms with Gasteiger partial charge < -0.3 is 15.2 Å². The number of benzene rings is 1. The molecule has 0 unspecified atom stereocenters. The lowest BCUT2D eigenvalue weighted by molar-refractivity contribution is -0.149. The van der Waals surface area contributed by atoms with Gasteiger partial charge in [-0.25, -0.2) is 14.0 Å². The molecule has 0 spiro atoms. The van der Waals surface area contributed by atoms with E-state index in [9.17, 15) is 14.0 Å². The number of rotatable bonds is 5. The summed E-state index contributed by atoms with van der Waals surface area (Å²) >= 11 is 0. The van der Waals surface area contributed by atoms with Gasteiger partial charge in [0.05, 0.1) is 12.2 Å². The lowest BCUT2D eigenvalue weighted by atomic mass is 10.1. The molecule has 0 aromatic heterocycles. The van der Waals surface area contributed by atoms with Crippen LogP contribution in [0.4, 0.5) is 20.6 Å². The minimum absolute atomic E-state index is 0.0304. The average molecular weight is 392 g/mol. The highest BCUT2D eigenvalue weighted by Crippen LogP contribution is 2.28. The van der Waals surface area contributed by atoms with Crippen molar-refractivity contribution in [3.05, 3.63) is 42.2 Å². The van der Waals surface area contributed by atoms with Crippen molar-refractivity contribution in [2.45, 2.75) is 52.7 Å². The van der Waals surface area contributed by atoms with Crippen molar-refractivity contribution in [2.24, 2.45) is 0 Å². The summed E-state index contributed by atoms with van der Waals surface area (Å²) in [6.45, 7) is 17.2. The zero-order valence-electron chi connectivity index (χ0n) is 17.4. The minimum atomic E-state index is -0.837. The zero-order chi connectivity index (χ0) is 21.9. The number of hydrogen-bond donors (Lipinski definition) is 1. The number of amides is 1. The first-order valence-electron chi connectivity index (χ1n) is 8.77. The Hall–Kier alpha value is -2.83. The van der Waals surface area contributed by atoms with Gasteiger partial charge in [0.2, 0.25) is 0 Å². The fourth-order valence-electron chi connectivity index (χ4n) is 2.15. The molecule has 28 heavy (non-hydrogen) atoms. The SMILES string of the molecule is C=Cc1cc(N(CC(=C)C(=O)OC(C)(C)C)C(=O)OC(C)(C)C)c(F)cc1N. The van der Waals surface area contributed by atoms with Crippen LogP contribution in [0.5, 0.6) is 0 Å². The van der Waals surface area contributed by atoms with Gasteiger partial charge in [0, 0.05) is 11.3 Å². The number of ether oxygens (including phenoxy) is 2. The molecule has 0 heterocycles. The molecule has 0 radical (unpaired) electrons. The molecular weight excluding hydrogens is 363 g/mol. The third-order valence-electron chi connectivity index (χ3n) is 3.31. The smallest absolute Gasteiger partial charge is 0.415 e. The number of esters is 1. The first kappa shape index (κ1) is 23.2. The van der Waals surface area contributed by atoms with Gasteiger partial charge in [-0.05, 0) is 59.2 Å². The molecule has 1 aromatic rings. The van der Waals surface area contributed by atoms with Crippen molar-refractivity contribution in [2.75, 3.05) is 17.2 Å². The Labute approximate surface area is 165 Å². The van der Waals surface area contributed by atoms with Gasteiger partial charge in [-0.2, -0.15) is 0 Å². The normalized spacial score (nSPS) is 11.5. The van der Waals surface area contributed by atoms with Crippen LogP contribution in [0.15, 0.2) is 30.9 Å². The second-order valence-electron chi connectivity index (χ2n) is 8.31. The molecule has 7 heteroatoms. The van der Waals surface area contributed by atoms with Gasteiger partial charge >= 0.3 is 12.1 Å². The first-order chi connectivity index (χ1) is 12.6. The van der Waals surface area contributed by atoms with Crippen molar-refractivity contribution in [3.63, 3.8) is 0 Å². The maximum atomic E-state index is 14.6. The van der Waals surface area contributed by atoms with E-state index in [-0.39, 0.29) is 23.5 Å². The summed E-state index contributed by atoms with van der Waals surface area (Å²) < 4.78 is 25.3. The highest BCUT2D eigenvalue weighted by Gasteiger charge is 2.29. The first-order valence-corrected chi connectivity index (χ1v) is 8.77. The van der Waals surface area contributed by atoms with E-state index in [4.69, 9.17) is 15.2 Å². The lowest BCUT2D eigenvalue weighted by Gasteiger charge is -2.29. The predicted octanol–water partition coefficient (Wildman–Crippen LogP) is 4.69. The average Bonchev–Trinajstić information content (AvgIpc) is 2.49. The number of carbonyl (C=O) groups is 2. The quantitative estimate of drug-likeness (QED) is 0.447. The molecule has 0 saturated heterocycles. The predicted molar refractivity (Wildman–Crippen MR) is 109 cm³/mol. The largest absolute Gasteiger partial charge is 0.457 e. The van der Waals surface area contributed by atoms with Crippen LogP contribution in [-0.4, -0.2) is 29.8 Å². The maximum Gasteiger partial charge on any atom is 0.415 e. The van der Waals surface area contributed by atoms with E-state index in [1.807, 2.05) is 0 Å². The summed E-state index contributed by atoms with van der Waals surface area (Å²) in [7, 11) is 0. The molecule has 6 nitrogen and oxygen atoms in total. The number of hydrogen-bond acceptors (Lipinski definition) is 5. The van der Waals surface area contributed by atoms with Crippen LogP contribution in [0.25, 0.3) is 6.08 Å². The molecule has 1 rings (SSSR count). The highest BCUT2D eigenvalue weighted by atomic mass is 19.1. The summed E-state index contributed by atoms with van der Waals surface area (Å²) in [6, 6.07) is 2.45. The molecule has 2 N–H and O–H groups in total. The third-order valence-corrected chi connectivity index (χ3v) is 3.31. The standard InChI is InChI=1S/C21H29FN2O4/c1-9-14-10-17(15(22)11-16(14)23)24(19(26)28-21(6,7)8)12-13(2)18(25)27-20(3,4)5/h9-11H,1-2,12,23H2,3-8H3. The van der Waals surface area contributed by atoms with Crippen molar-refractivity contribution in [1.29, 1.82) is 0 Å². The summed E-state index contributed by atoms with van der Waals surface area (Å²) in [4.78, 5) is 26.0. The Morgan fingerprint density at radius 2 is 1.68 bits per heavy atom. The van der Waals surface area contributed by atoms with E-state index < -0.39 is 29.1 Å². The molecule has 0 atom stereocenters. The molecule has 0 saturated carbocycles. The summed E-state index contributed by atoms with van der Waals surface area (Å²) in [5, 5.41) is 0. The Balaban J connectivity index is 3.31. The van der Waals surface area contributed by atoms with Crippen molar-refractivity contribution in [3.8, 4) is 0 Å². The molecule has 0 fully saturated rings. The van der Waals surface area contributed by atoms with Gasteiger partial charge in [-0.1, -0.05) is 19.2 Å². The molecule has 0 aliphatic carbocycles. The Morgan fingerprint density at radius 3 is 2.14 bits per heavy atom. The lowest BCUT2D eigenvalue weighted by Crippen LogP contribution is -2.40. The van der Waals surface area contributed by atoms with Crippen molar-refractivity contribution < 1.29 is 23.5 Å². The Bertz CT molecular complexity index is 789. The molecule has 0 bridgehead atoms. The minimum Gasteiger partial charge on any atom is -0.457 e. The number of nitrogens with two attached hydrogens (primary N) is 1. The molecule has 154 valence electrons. The second-order valence-corrected chi connectivity index (χ2v) is 8.31. The van der Waals surface area contributed by atoms with Crippen LogP contribution in [0.1, 0.15) is 47.1 Å². The number of carbonyl (C=O) groups excluding carboxylic acids is 2. The van der Waals surface area contributed by atoms with Gasteiger partial charge in [0.1, 0.15) is 17.0 Å². The number of anilines is 2. The molecule has 1 amide bonds. The third kappa shape index (κ3) is 6.72. The van der Waals surface area contributed by atoms with E-state index in [0.29, 0.717) is 5.56 Å². The van der Waals surface area contributed by atoms with E-state index in [0.717, 1.165) is 11.0 Å². The maximum absolute atomic E-state index is 14.6. The summed E-state index contributed by atoms with van der Waals surface area (Å²) in [6.07, 6.45) is 0.602. The van der Waals surface area contributed by atoms with Crippen LogP contribution >= 0.6 is 0 Å². The van der Waals surface area contributed by atoms with Crippen molar-refractivity contribution in [1.82, 2.24) is 0 Å². The van der Waals surface area contributed by atoms with E-state index in [2.05, 4.69) is 13.2 Å². The molecule has 1 aromatic carbocycles. The van der Waals surface area contributed by atoms with E-state index >= 15 is 0 Å². The topological polar surface area (TPSA) is 81.9 Å². The molecule has 0 aliphatic rings. The Morgan fingerprint density at radius 1 is 1.14 bits per heavy atom. The number of halogens is 1. The van der Waals surface area contributed by atoms with Crippen LogP contribution in [0, 0.1) is 5.82 Å². The van der Waals surface area contributed by atoms with Gasteiger partial charge in [-0.3, -0.25) is 4.90 Å². The van der Waals surface area contributed by atoms with Crippen LogP contribution in [-0.2, 0) is 14.3 Å². The van der Waals surface area contributed by atoms with Crippen LogP contribution in [0.3, 0.4) is 0 Å². The van der Waals surface area contributed by atoms with E-state index in [1.165, 1.54) is 12.1 Å².